The average molecular weight is 912 g/mol. The van der Waals surface area contributed by atoms with E-state index >= 15 is 0 Å². The molecule has 0 aromatic heterocycles. The minimum absolute atomic E-state index is 0.212. The predicted octanol–water partition coefficient (Wildman–Crippen LogP) is 8.91. The standard InChI is InChI=1S/C53H51O12S/c1-5-58-49(54)32-62-38-17-13-36(14-18-38)53(37-15-19-39(20-16-37)63-33-50(55)59-6-2)47-12-10-9-11-45(47)46-30-29-44(31-48(46)53)66(42-25-21-40(22-26-42)64-34-51(56)60-7-3)43-27-23-41(24-28-43)65-35-52(57)61-8-4/h9-31H,5-8,32-35H2,1-4H3/q+1. The Kier molecular flexibility index (Phi) is 15.6. The molecule has 6 aromatic carbocycles. The fourth-order valence-corrected chi connectivity index (χ4v) is 9.98. The summed E-state index contributed by atoms with van der Waals surface area (Å²) in [6, 6.07) is 45.8. The van der Waals surface area contributed by atoms with Crippen LogP contribution in [0.4, 0.5) is 0 Å². The molecule has 12 nitrogen and oxygen atoms in total. The van der Waals surface area contributed by atoms with Gasteiger partial charge in [-0.05, 0) is 152 Å². The Morgan fingerprint density at radius 3 is 1.11 bits per heavy atom. The molecule has 0 bridgehead atoms. The fraction of sp³-hybridized carbons (Fsp3) is 0.245. The van der Waals surface area contributed by atoms with Gasteiger partial charge in [-0.2, -0.15) is 0 Å². The van der Waals surface area contributed by atoms with E-state index in [-0.39, 0.29) is 52.9 Å². The van der Waals surface area contributed by atoms with Gasteiger partial charge < -0.3 is 37.9 Å². The third-order valence-corrected chi connectivity index (χ3v) is 12.8. The van der Waals surface area contributed by atoms with E-state index in [9.17, 15) is 19.2 Å². The van der Waals surface area contributed by atoms with Crippen LogP contribution in [-0.2, 0) is 54.4 Å². The smallest absolute Gasteiger partial charge is 0.344 e. The number of benzene rings is 6. The molecule has 0 atom stereocenters. The summed E-state index contributed by atoms with van der Waals surface area (Å²) < 4.78 is 43.5. The molecule has 340 valence electrons. The van der Waals surface area contributed by atoms with Crippen molar-refractivity contribution >= 4 is 34.8 Å². The van der Waals surface area contributed by atoms with Gasteiger partial charge in [-0.25, -0.2) is 19.2 Å². The van der Waals surface area contributed by atoms with Crippen LogP contribution in [0, 0.1) is 0 Å². The fourth-order valence-electron chi connectivity index (χ4n) is 7.91. The lowest BCUT2D eigenvalue weighted by molar-refractivity contribution is -0.146. The van der Waals surface area contributed by atoms with Crippen LogP contribution in [-0.4, -0.2) is 76.7 Å². The third kappa shape index (κ3) is 10.6. The van der Waals surface area contributed by atoms with Crippen molar-refractivity contribution in [2.75, 3.05) is 52.9 Å². The number of fused-ring (bicyclic) bond motifs is 3. The van der Waals surface area contributed by atoms with Crippen molar-refractivity contribution in [1.29, 1.82) is 0 Å². The van der Waals surface area contributed by atoms with E-state index < -0.39 is 40.2 Å². The molecule has 0 spiro atoms. The predicted molar refractivity (Wildman–Crippen MR) is 247 cm³/mol. The average Bonchev–Trinajstić information content (AvgIpc) is 3.63. The monoisotopic (exact) mass is 911 g/mol. The molecule has 7 rings (SSSR count). The highest BCUT2D eigenvalue weighted by Gasteiger charge is 2.47. The van der Waals surface area contributed by atoms with Crippen LogP contribution in [0.1, 0.15) is 49.9 Å². The van der Waals surface area contributed by atoms with Gasteiger partial charge in [0.25, 0.3) is 0 Å². The van der Waals surface area contributed by atoms with Gasteiger partial charge in [-0.3, -0.25) is 0 Å². The molecular formula is C53H51O12S+. The van der Waals surface area contributed by atoms with Gasteiger partial charge in [0.15, 0.2) is 41.1 Å². The first kappa shape index (κ1) is 46.7. The molecule has 66 heavy (non-hydrogen) atoms. The van der Waals surface area contributed by atoms with Crippen molar-refractivity contribution in [2.24, 2.45) is 0 Å². The highest BCUT2D eigenvalue weighted by molar-refractivity contribution is 7.97. The first-order valence-corrected chi connectivity index (χ1v) is 22.9. The minimum Gasteiger partial charge on any atom is -0.482 e. The largest absolute Gasteiger partial charge is 0.482 e. The van der Waals surface area contributed by atoms with Crippen molar-refractivity contribution < 1.29 is 57.1 Å². The number of ether oxygens (including phenoxy) is 8. The summed E-state index contributed by atoms with van der Waals surface area (Å²) in [6.07, 6.45) is 0. The number of carbonyl (C=O) groups excluding carboxylic acids is 4. The number of rotatable bonds is 21. The molecule has 6 aromatic rings. The van der Waals surface area contributed by atoms with Crippen LogP contribution in [0.15, 0.2) is 154 Å². The maximum Gasteiger partial charge on any atom is 0.344 e. The zero-order valence-corrected chi connectivity index (χ0v) is 38.1. The molecule has 0 radical (unpaired) electrons. The van der Waals surface area contributed by atoms with E-state index in [0.717, 1.165) is 48.1 Å². The molecule has 1 aliphatic rings. The lowest BCUT2D eigenvalue weighted by Gasteiger charge is -2.34. The van der Waals surface area contributed by atoms with E-state index in [1.165, 1.54) is 0 Å². The van der Waals surface area contributed by atoms with Crippen molar-refractivity contribution in [3.05, 3.63) is 162 Å². The number of hydrogen-bond donors (Lipinski definition) is 0. The zero-order valence-electron chi connectivity index (χ0n) is 37.2. The third-order valence-electron chi connectivity index (χ3n) is 10.6. The van der Waals surface area contributed by atoms with E-state index in [1.807, 2.05) is 109 Å². The normalized spacial score (nSPS) is 12.0. The minimum atomic E-state index is -0.869. The quantitative estimate of drug-likeness (QED) is 0.0386. The van der Waals surface area contributed by atoms with Crippen molar-refractivity contribution in [1.82, 2.24) is 0 Å². The molecule has 0 heterocycles. The number of esters is 4. The molecule has 0 N–H and O–H groups in total. The zero-order chi connectivity index (χ0) is 46.5. The van der Waals surface area contributed by atoms with Crippen molar-refractivity contribution in [3.8, 4) is 34.1 Å². The Morgan fingerprint density at radius 1 is 0.394 bits per heavy atom. The summed E-state index contributed by atoms with van der Waals surface area (Å²) in [4.78, 5) is 51.5. The molecule has 0 aliphatic heterocycles. The first-order chi connectivity index (χ1) is 32.2. The van der Waals surface area contributed by atoms with Crippen LogP contribution in [0.25, 0.3) is 11.1 Å². The Labute approximate surface area is 387 Å². The van der Waals surface area contributed by atoms with E-state index in [0.29, 0.717) is 23.0 Å². The van der Waals surface area contributed by atoms with E-state index in [1.54, 1.807) is 27.7 Å². The van der Waals surface area contributed by atoms with E-state index in [2.05, 4.69) is 30.3 Å². The topological polar surface area (TPSA) is 142 Å². The maximum atomic E-state index is 12.2. The second kappa shape index (κ2) is 22.1. The van der Waals surface area contributed by atoms with Gasteiger partial charge in [0.2, 0.25) is 0 Å². The van der Waals surface area contributed by atoms with Gasteiger partial charge in [-0.1, -0.05) is 48.5 Å². The second-order valence-corrected chi connectivity index (χ2v) is 16.7. The Hall–Kier alpha value is -7.25. The molecule has 0 fully saturated rings. The number of carbonyl (C=O) groups is 4. The lowest BCUT2D eigenvalue weighted by atomic mass is 9.67. The molecular weight excluding hydrogens is 861 g/mol. The van der Waals surface area contributed by atoms with E-state index in [4.69, 9.17) is 37.9 Å². The summed E-state index contributed by atoms with van der Waals surface area (Å²) >= 11 is 0. The summed E-state index contributed by atoms with van der Waals surface area (Å²) in [7, 11) is -0.714. The van der Waals surface area contributed by atoms with Gasteiger partial charge >= 0.3 is 23.9 Å². The van der Waals surface area contributed by atoms with Crippen molar-refractivity contribution in [3.63, 3.8) is 0 Å². The Balaban J connectivity index is 1.36. The first-order valence-electron chi connectivity index (χ1n) is 21.7. The maximum absolute atomic E-state index is 12.2. The van der Waals surface area contributed by atoms with Crippen LogP contribution in [0.3, 0.4) is 0 Å². The molecule has 0 saturated carbocycles. The SMILES string of the molecule is CCOC(=O)COc1ccc([S+](c2ccc(OCC(=O)OCC)cc2)c2ccc3c(c2)C(c2ccc(OCC(=O)OCC)cc2)(c2ccc(OCC(=O)OCC)cc2)c2ccccc2-3)cc1. The van der Waals surface area contributed by atoms with Crippen LogP contribution in [0.2, 0.25) is 0 Å². The van der Waals surface area contributed by atoms with Gasteiger partial charge in [0.05, 0.1) is 42.7 Å². The molecule has 1 aliphatic carbocycles. The summed E-state index contributed by atoms with van der Waals surface area (Å²) in [5, 5.41) is 0. The molecule has 0 amide bonds. The summed E-state index contributed by atoms with van der Waals surface area (Å²) in [6.45, 7) is 7.16. The van der Waals surface area contributed by atoms with Gasteiger partial charge in [-0.15, -0.1) is 0 Å². The van der Waals surface area contributed by atoms with Gasteiger partial charge in [0, 0.05) is 0 Å². The summed E-state index contributed by atoms with van der Waals surface area (Å²) in [5.41, 5.74) is 5.23. The lowest BCUT2D eigenvalue weighted by Crippen LogP contribution is -2.29. The molecule has 0 unspecified atom stereocenters. The van der Waals surface area contributed by atoms with Crippen molar-refractivity contribution in [2.45, 2.75) is 47.8 Å². The second-order valence-electron chi connectivity index (χ2n) is 14.7. The summed E-state index contributed by atoms with van der Waals surface area (Å²) in [5.74, 6) is 0.243. The highest BCUT2D eigenvalue weighted by Crippen LogP contribution is 2.57. The highest BCUT2D eigenvalue weighted by atomic mass is 32.2. The Bertz CT molecular complexity index is 2480. The van der Waals surface area contributed by atoms with Crippen LogP contribution in [0.5, 0.6) is 23.0 Å². The van der Waals surface area contributed by atoms with Crippen LogP contribution >= 0.6 is 0 Å². The molecule has 0 saturated heterocycles. The van der Waals surface area contributed by atoms with Crippen LogP contribution < -0.4 is 18.9 Å². The molecule has 13 heteroatoms. The number of hydrogen-bond acceptors (Lipinski definition) is 12. The van der Waals surface area contributed by atoms with Gasteiger partial charge in [0.1, 0.15) is 23.0 Å². The Morgan fingerprint density at radius 2 is 0.727 bits per heavy atom.